The molecule has 1 saturated heterocycles. The zero-order chi connectivity index (χ0) is 9.90. The van der Waals surface area contributed by atoms with Gasteiger partial charge < -0.3 is 14.8 Å². The van der Waals surface area contributed by atoms with Gasteiger partial charge in [0, 0.05) is 13.7 Å². The van der Waals surface area contributed by atoms with Crippen molar-refractivity contribution in [3.8, 4) is 0 Å². The van der Waals surface area contributed by atoms with Gasteiger partial charge in [0.1, 0.15) is 0 Å². The molecule has 0 spiro atoms. The lowest BCUT2D eigenvalue weighted by Crippen LogP contribution is -2.43. The Bertz CT molecular complexity index is 153. The van der Waals surface area contributed by atoms with Crippen LogP contribution in [0.1, 0.15) is 20.8 Å². The van der Waals surface area contributed by atoms with Crippen LogP contribution in [-0.2, 0) is 9.47 Å². The van der Waals surface area contributed by atoms with E-state index < -0.39 is 0 Å². The largest absolute Gasteiger partial charge is 0.377 e. The quantitative estimate of drug-likeness (QED) is 0.716. The normalized spacial score (nSPS) is 29.5. The number of hydrogen-bond donors (Lipinski definition) is 1. The van der Waals surface area contributed by atoms with Crippen LogP contribution in [0.5, 0.6) is 0 Å². The van der Waals surface area contributed by atoms with E-state index in [0.29, 0.717) is 11.5 Å². The van der Waals surface area contributed by atoms with Gasteiger partial charge in [0.25, 0.3) is 0 Å². The second-order valence-electron chi connectivity index (χ2n) is 4.86. The van der Waals surface area contributed by atoms with Crippen molar-refractivity contribution in [2.24, 2.45) is 5.41 Å². The first-order valence-electron chi connectivity index (χ1n) is 4.87. The SMILES string of the molecule is CO[C@@H]1COC[C@H]1NCC(C)(C)C. The highest BCUT2D eigenvalue weighted by atomic mass is 16.5. The van der Waals surface area contributed by atoms with Crippen LogP contribution >= 0.6 is 0 Å². The van der Waals surface area contributed by atoms with Crippen molar-refractivity contribution in [3.05, 3.63) is 0 Å². The van der Waals surface area contributed by atoms with Gasteiger partial charge >= 0.3 is 0 Å². The van der Waals surface area contributed by atoms with Crippen molar-refractivity contribution >= 4 is 0 Å². The van der Waals surface area contributed by atoms with E-state index in [0.717, 1.165) is 19.8 Å². The molecule has 0 aromatic carbocycles. The Kier molecular flexibility index (Phi) is 3.71. The van der Waals surface area contributed by atoms with Gasteiger partial charge in [-0.25, -0.2) is 0 Å². The second kappa shape index (κ2) is 4.40. The molecule has 3 nitrogen and oxygen atoms in total. The third-order valence-electron chi connectivity index (χ3n) is 2.23. The summed E-state index contributed by atoms with van der Waals surface area (Å²) in [6, 6.07) is 0.365. The van der Waals surface area contributed by atoms with Gasteiger partial charge in [-0.3, -0.25) is 0 Å². The number of hydrogen-bond acceptors (Lipinski definition) is 3. The Morgan fingerprint density at radius 1 is 1.38 bits per heavy atom. The first-order valence-corrected chi connectivity index (χ1v) is 4.87. The molecule has 13 heavy (non-hydrogen) atoms. The van der Waals surface area contributed by atoms with Crippen LogP contribution in [0, 0.1) is 5.41 Å². The Labute approximate surface area is 80.8 Å². The molecule has 0 bridgehead atoms. The van der Waals surface area contributed by atoms with E-state index in [4.69, 9.17) is 9.47 Å². The van der Waals surface area contributed by atoms with E-state index in [9.17, 15) is 0 Å². The van der Waals surface area contributed by atoms with Crippen molar-refractivity contribution in [1.82, 2.24) is 5.32 Å². The molecule has 0 amide bonds. The predicted molar refractivity (Wildman–Crippen MR) is 52.9 cm³/mol. The van der Waals surface area contributed by atoms with E-state index in [2.05, 4.69) is 26.1 Å². The predicted octanol–water partition coefficient (Wildman–Crippen LogP) is 1.04. The molecule has 0 aromatic heterocycles. The van der Waals surface area contributed by atoms with Crippen LogP contribution in [0.15, 0.2) is 0 Å². The molecule has 1 aliphatic heterocycles. The van der Waals surface area contributed by atoms with Crippen molar-refractivity contribution < 1.29 is 9.47 Å². The highest BCUT2D eigenvalue weighted by Gasteiger charge is 2.28. The third kappa shape index (κ3) is 3.63. The maximum atomic E-state index is 5.34. The molecular weight excluding hydrogens is 166 g/mol. The summed E-state index contributed by atoms with van der Waals surface area (Å²) >= 11 is 0. The standard InChI is InChI=1S/C10H21NO2/c1-10(2,3)7-11-8-5-13-6-9(8)12-4/h8-9,11H,5-7H2,1-4H3/t8-,9-/m1/s1. The molecule has 0 aromatic rings. The zero-order valence-electron chi connectivity index (χ0n) is 9.09. The van der Waals surface area contributed by atoms with Gasteiger partial charge in [-0.1, -0.05) is 20.8 Å². The molecule has 0 saturated carbocycles. The Hall–Kier alpha value is -0.120. The van der Waals surface area contributed by atoms with Gasteiger partial charge in [-0.05, 0) is 5.41 Å². The Morgan fingerprint density at radius 2 is 2.08 bits per heavy atom. The first kappa shape index (κ1) is 11.0. The minimum Gasteiger partial charge on any atom is -0.377 e. The van der Waals surface area contributed by atoms with Gasteiger partial charge in [0.2, 0.25) is 0 Å². The van der Waals surface area contributed by atoms with Crippen molar-refractivity contribution in [2.75, 3.05) is 26.9 Å². The molecule has 1 heterocycles. The Balaban J connectivity index is 2.28. The average molecular weight is 187 g/mol. The third-order valence-corrected chi connectivity index (χ3v) is 2.23. The summed E-state index contributed by atoms with van der Waals surface area (Å²) in [4.78, 5) is 0. The van der Waals surface area contributed by atoms with Gasteiger partial charge in [-0.15, -0.1) is 0 Å². The minimum absolute atomic E-state index is 0.224. The van der Waals surface area contributed by atoms with E-state index in [1.807, 2.05) is 0 Å². The summed E-state index contributed by atoms with van der Waals surface area (Å²) in [5, 5.41) is 3.47. The summed E-state index contributed by atoms with van der Waals surface area (Å²) in [5.74, 6) is 0. The number of ether oxygens (including phenoxy) is 2. The van der Waals surface area contributed by atoms with Crippen molar-refractivity contribution in [3.63, 3.8) is 0 Å². The topological polar surface area (TPSA) is 30.5 Å². The van der Waals surface area contributed by atoms with Crippen LogP contribution in [-0.4, -0.2) is 39.0 Å². The summed E-state index contributed by atoms with van der Waals surface area (Å²) < 4.78 is 10.6. The molecule has 0 aliphatic carbocycles. The molecule has 3 heteroatoms. The molecule has 0 unspecified atom stereocenters. The van der Waals surface area contributed by atoms with Crippen molar-refractivity contribution in [2.45, 2.75) is 32.9 Å². The molecule has 0 radical (unpaired) electrons. The lowest BCUT2D eigenvalue weighted by atomic mass is 9.96. The van der Waals surface area contributed by atoms with E-state index in [-0.39, 0.29) is 6.10 Å². The number of rotatable bonds is 3. The Morgan fingerprint density at radius 3 is 2.62 bits per heavy atom. The van der Waals surface area contributed by atoms with Gasteiger partial charge in [0.15, 0.2) is 0 Å². The number of nitrogens with one attached hydrogen (secondary N) is 1. The van der Waals surface area contributed by atoms with Crippen LogP contribution in [0.4, 0.5) is 0 Å². The monoisotopic (exact) mass is 187 g/mol. The fourth-order valence-corrected chi connectivity index (χ4v) is 1.39. The van der Waals surface area contributed by atoms with Crippen LogP contribution in [0.2, 0.25) is 0 Å². The van der Waals surface area contributed by atoms with E-state index in [1.165, 1.54) is 0 Å². The van der Waals surface area contributed by atoms with Crippen LogP contribution < -0.4 is 5.32 Å². The van der Waals surface area contributed by atoms with Crippen LogP contribution in [0.3, 0.4) is 0 Å². The smallest absolute Gasteiger partial charge is 0.0979 e. The summed E-state index contributed by atoms with van der Waals surface area (Å²) in [7, 11) is 1.74. The summed E-state index contributed by atoms with van der Waals surface area (Å²) in [6.45, 7) is 9.15. The minimum atomic E-state index is 0.224. The highest BCUT2D eigenvalue weighted by molar-refractivity contribution is 4.83. The summed E-state index contributed by atoms with van der Waals surface area (Å²) in [6.07, 6.45) is 0.224. The maximum absolute atomic E-state index is 5.34. The van der Waals surface area contributed by atoms with Gasteiger partial charge in [0.05, 0.1) is 25.4 Å². The lowest BCUT2D eigenvalue weighted by molar-refractivity contribution is 0.0721. The lowest BCUT2D eigenvalue weighted by Gasteiger charge is -2.24. The average Bonchev–Trinajstić information content (AvgIpc) is 2.46. The van der Waals surface area contributed by atoms with Gasteiger partial charge in [-0.2, -0.15) is 0 Å². The molecule has 1 aliphatic rings. The molecule has 1 rings (SSSR count). The van der Waals surface area contributed by atoms with E-state index in [1.54, 1.807) is 7.11 Å². The zero-order valence-corrected chi connectivity index (χ0v) is 9.09. The molecule has 2 atom stereocenters. The molecule has 78 valence electrons. The fraction of sp³-hybridized carbons (Fsp3) is 1.00. The molecular formula is C10H21NO2. The molecule has 1 fully saturated rings. The highest BCUT2D eigenvalue weighted by Crippen LogP contribution is 2.14. The second-order valence-corrected chi connectivity index (χ2v) is 4.86. The maximum Gasteiger partial charge on any atom is 0.0979 e. The fourth-order valence-electron chi connectivity index (χ4n) is 1.39. The van der Waals surface area contributed by atoms with E-state index >= 15 is 0 Å². The van der Waals surface area contributed by atoms with Crippen LogP contribution in [0.25, 0.3) is 0 Å². The number of methoxy groups -OCH3 is 1. The first-order chi connectivity index (χ1) is 6.03. The summed E-state index contributed by atoms with van der Waals surface area (Å²) in [5.41, 5.74) is 0.320. The molecule has 1 N–H and O–H groups in total. The van der Waals surface area contributed by atoms with Crippen molar-refractivity contribution in [1.29, 1.82) is 0 Å².